The zero-order chi connectivity index (χ0) is 17.3. The highest BCUT2D eigenvalue weighted by atomic mass is 19.3. The van der Waals surface area contributed by atoms with Gasteiger partial charge in [0.05, 0.1) is 0 Å². The summed E-state index contributed by atoms with van der Waals surface area (Å²) in [4.78, 5) is 0. The summed E-state index contributed by atoms with van der Waals surface area (Å²) >= 11 is 0. The molecular weight excluding hydrogens is 326 g/mol. The number of hydrogen-bond acceptors (Lipinski definition) is 1. The molecule has 0 amide bonds. The topological polar surface area (TPSA) is 9.23 Å². The Hall–Kier alpha value is -0.740. The van der Waals surface area contributed by atoms with Crippen LogP contribution < -0.4 is 0 Å². The van der Waals surface area contributed by atoms with Gasteiger partial charge in [-0.25, -0.2) is 8.78 Å². The standard InChI is InChI=1S/C10H12F10O/c1-5(9(17,18)7(13,14)3-11)21-6(2)10(19,20)8(15,16)4-12/h5-6H,3-4H2,1-2H3. The maximum Gasteiger partial charge on any atom is 0.340 e. The quantitative estimate of drug-likeness (QED) is 0.601. The van der Waals surface area contributed by atoms with Gasteiger partial charge in [0.1, 0.15) is 12.2 Å². The number of rotatable bonds is 8. The molecule has 128 valence electrons. The fourth-order valence-electron chi connectivity index (χ4n) is 1.25. The molecule has 0 bridgehead atoms. The highest BCUT2D eigenvalue weighted by Crippen LogP contribution is 2.42. The first-order valence-electron chi connectivity index (χ1n) is 5.46. The van der Waals surface area contributed by atoms with Crippen molar-refractivity contribution in [2.75, 3.05) is 13.3 Å². The Labute approximate surface area is 113 Å². The highest BCUT2D eigenvalue weighted by molar-refractivity contribution is 4.94. The van der Waals surface area contributed by atoms with Crippen LogP contribution in [-0.2, 0) is 4.74 Å². The SMILES string of the molecule is CC(OC(C)C(F)(F)C(F)(F)CF)C(F)(F)C(F)(F)CF. The van der Waals surface area contributed by atoms with Crippen molar-refractivity contribution in [3.05, 3.63) is 0 Å². The molecule has 0 aromatic rings. The Morgan fingerprint density at radius 1 is 0.667 bits per heavy atom. The van der Waals surface area contributed by atoms with Crippen molar-refractivity contribution in [2.45, 2.75) is 49.7 Å². The number of hydrogen-bond donors (Lipinski definition) is 0. The Kier molecular flexibility index (Phi) is 5.95. The molecule has 0 spiro atoms. The van der Waals surface area contributed by atoms with Gasteiger partial charge in [0.2, 0.25) is 0 Å². The first-order valence-corrected chi connectivity index (χ1v) is 5.46. The fourth-order valence-corrected chi connectivity index (χ4v) is 1.25. The van der Waals surface area contributed by atoms with Gasteiger partial charge in [0.15, 0.2) is 13.3 Å². The minimum atomic E-state index is -5.23. The number of alkyl halides is 10. The summed E-state index contributed by atoms with van der Waals surface area (Å²) < 4.78 is 130. The van der Waals surface area contributed by atoms with Gasteiger partial charge < -0.3 is 4.74 Å². The van der Waals surface area contributed by atoms with E-state index in [0.717, 1.165) is 0 Å². The number of ether oxygens (including phenoxy) is 1. The van der Waals surface area contributed by atoms with E-state index in [1.54, 1.807) is 0 Å². The normalized spacial score (nSPS) is 17.7. The van der Waals surface area contributed by atoms with Crippen molar-refractivity contribution in [2.24, 2.45) is 0 Å². The van der Waals surface area contributed by atoms with Gasteiger partial charge >= 0.3 is 23.7 Å². The van der Waals surface area contributed by atoms with Gasteiger partial charge in [-0.2, -0.15) is 35.1 Å². The van der Waals surface area contributed by atoms with Crippen LogP contribution in [0.3, 0.4) is 0 Å². The van der Waals surface area contributed by atoms with Gasteiger partial charge in [0, 0.05) is 0 Å². The van der Waals surface area contributed by atoms with Crippen molar-refractivity contribution in [3.8, 4) is 0 Å². The molecule has 0 saturated heterocycles. The summed E-state index contributed by atoms with van der Waals surface area (Å²) in [6.45, 7) is -5.24. The van der Waals surface area contributed by atoms with Crippen molar-refractivity contribution < 1.29 is 48.6 Å². The van der Waals surface area contributed by atoms with Crippen LogP contribution in [0.4, 0.5) is 43.9 Å². The van der Waals surface area contributed by atoms with Crippen LogP contribution in [0.1, 0.15) is 13.8 Å². The van der Waals surface area contributed by atoms with Crippen LogP contribution in [0.5, 0.6) is 0 Å². The van der Waals surface area contributed by atoms with Crippen LogP contribution >= 0.6 is 0 Å². The van der Waals surface area contributed by atoms with E-state index < -0.39 is 49.2 Å². The second-order valence-electron chi connectivity index (χ2n) is 4.34. The summed E-state index contributed by atoms with van der Waals surface area (Å²) in [6.07, 6.45) is -6.03. The third kappa shape index (κ3) is 3.72. The lowest BCUT2D eigenvalue weighted by atomic mass is 10.1. The lowest BCUT2D eigenvalue weighted by molar-refractivity contribution is -0.308. The van der Waals surface area contributed by atoms with Crippen LogP contribution in [-0.4, -0.2) is 49.2 Å². The minimum absolute atomic E-state index is 0.184. The second-order valence-corrected chi connectivity index (χ2v) is 4.34. The van der Waals surface area contributed by atoms with E-state index in [-0.39, 0.29) is 13.8 Å². The van der Waals surface area contributed by atoms with Crippen LogP contribution in [0.2, 0.25) is 0 Å². The molecule has 11 heteroatoms. The summed E-state index contributed by atoms with van der Waals surface area (Å²) in [5.41, 5.74) is 0. The summed E-state index contributed by atoms with van der Waals surface area (Å²) in [5, 5.41) is 0. The van der Waals surface area contributed by atoms with E-state index in [1.165, 1.54) is 0 Å². The van der Waals surface area contributed by atoms with Crippen molar-refractivity contribution in [1.29, 1.82) is 0 Å². The molecule has 2 unspecified atom stereocenters. The zero-order valence-corrected chi connectivity index (χ0v) is 10.8. The molecule has 0 saturated carbocycles. The molecule has 0 radical (unpaired) electrons. The van der Waals surface area contributed by atoms with Gasteiger partial charge in [-0.1, -0.05) is 0 Å². The molecule has 0 aliphatic heterocycles. The molecule has 0 aromatic carbocycles. The third-order valence-corrected chi connectivity index (χ3v) is 2.74. The molecule has 0 aliphatic carbocycles. The molecular formula is C10H12F10O. The zero-order valence-electron chi connectivity index (χ0n) is 10.8. The van der Waals surface area contributed by atoms with Gasteiger partial charge in [0.25, 0.3) is 0 Å². The average molecular weight is 338 g/mol. The summed E-state index contributed by atoms with van der Waals surface area (Å²) in [7, 11) is 0. The van der Waals surface area contributed by atoms with Gasteiger partial charge in [-0.3, -0.25) is 0 Å². The predicted molar refractivity (Wildman–Crippen MR) is 51.7 cm³/mol. The molecule has 0 rings (SSSR count). The Balaban J connectivity index is 5.14. The van der Waals surface area contributed by atoms with Crippen LogP contribution in [0.25, 0.3) is 0 Å². The van der Waals surface area contributed by atoms with E-state index in [2.05, 4.69) is 4.74 Å². The first kappa shape index (κ1) is 20.3. The Morgan fingerprint density at radius 3 is 1.10 bits per heavy atom. The molecule has 2 atom stereocenters. The molecule has 0 aromatic heterocycles. The van der Waals surface area contributed by atoms with Gasteiger partial charge in [-0.15, -0.1) is 0 Å². The van der Waals surface area contributed by atoms with E-state index in [4.69, 9.17) is 0 Å². The van der Waals surface area contributed by atoms with E-state index in [9.17, 15) is 43.9 Å². The predicted octanol–water partition coefficient (Wildman–Crippen LogP) is 4.26. The number of halogens is 10. The van der Waals surface area contributed by atoms with E-state index >= 15 is 0 Å². The molecule has 0 N–H and O–H groups in total. The van der Waals surface area contributed by atoms with E-state index in [0.29, 0.717) is 0 Å². The highest BCUT2D eigenvalue weighted by Gasteiger charge is 2.64. The maximum absolute atomic E-state index is 13.1. The maximum atomic E-state index is 13.1. The van der Waals surface area contributed by atoms with Crippen LogP contribution in [0, 0.1) is 0 Å². The van der Waals surface area contributed by atoms with Crippen molar-refractivity contribution in [3.63, 3.8) is 0 Å². The summed E-state index contributed by atoms with van der Waals surface area (Å²) in [5.74, 6) is -20.9. The van der Waals surface area contributed by atoms with Gasteiger partial charge in [-0.05, 0) is 13.8 Å². The lowest BCUT2D eigenvalue weighted by Crippen LogP contribution is -2.56. The monoisotopic (exact) mass is 338 g/mol. The second kappa shape index (κ2) is 6.17. The molecule has 0 heterocycles. The minimum Gasteiger partial charge on any atom is -0.363 e. The molecule has 0 fully saturated rings. The lowest BCUT2D eigenvalue weighted by Gasteiger charge is -2.35. The largest absolute Gasteiger partial charge is 0.363 e. The fraction of sp³-hybridized carbons (Fsp3) is 1.00. The Morgan fingerprint density at radius 2 is 0.905 bits per heavy atom. The summed E-state index contributed by atoms with van der Waals surface area (Å²) in [6, 6.07) is 0. The van der Waals surface area contributed by atoms with Crippen molar-refractivity contribution >= 4 is 0 Å². The van der Waals surface area contributed by atoms with Crippen molar-refractivity contribution in [1.82, 2.24) is 0 Å². The first-order chi connectivity index (χ1) is 9.17. The molecule has 21 heavy (non-hydrogen) atoms. The van der Waals surface area contributed by atoms with Crippen LogP contribution in [0.15, 0.2) is 0 Å². The molecule has 1 nitrogen and oxygen atoms in total. The molecule has 0 aliphatic rings. The van der Waals surface area contributed by atoms with E-state index in [1.807, 2.05) is 0 Å². The smallest absolute Gasteiger partial charge is 0.340 e. The average Bonchev–Trinajstić information content (AvgIpc) is 2.37. The Bertz CT molecular complexity index is 311. The third-order valence-electron chi connectivity index (χ3n) is 2.74.